The van der Waals surface area contributed by atoms with Gasteiger partial charge in [-0.2, -0.15) is 0 Å². The van der Waals surface area contributed by atoms with Crippen LogP contribution in [0.3, 0.4) is 0 Å². The first-order valence-electron chi connectivity index (χ1n) is 7.03. The van der Waals surface area contributed by atoms with Crippen molar-refractivity contribution < 1.29 is 9.53 Å². The van der Waals surface area contributed by atoms with Crippen molar-refractivity contribution in [1.29, 1.82) is 0 Å². The number of ether oxygens (including phenoxy) is 1. The maximum atomic E-state index is 12.5. The molecule has 1 aromatic rings. The van der Waals surface area contributed by atoms with E-state index in [0.717, 1.165) is 12.0 Å². The summed E-state index contributed by atoms with van der Waals surface area (Å²) in [4.78, 5) is 18.9. The lowest BCUT2D eigenvalue weighted by Gasteiger charge is -2.37. The summed E-state index contributed by atoms with van der Waals surface area (Å²) in [7, 11) is 2.07. The largest absolute Gasteiger partial charge is 0.407 e. The first-order valence-corrected chi connectivity index (χ1v) is 7.03. The van der Waals surface area contributed by atoms with E-state index in [9.17, 15) is 4.79 Å². The monoisotopic (exact) mass is 276 g/mol. The van der Waals surface area contributed by atoms with E-state index < -0.39 is 0 Å². The molecule has 110 valence electrons. The number of carbonyl (C=O) groups is 1. The second-order valence-electron chi connectivity index (χ2n) is 6.88. The van der Waals surface area contributed by atoms with Crippen LogP contribution < -0.4 is 4.74 Å². The highest BCUT2D eigenvalue weighted by Crippen LogP contribution is 2.44. The van der Waals surface area contributed by atoms with Gasteiger partial charge in [0.2, 0.25) is 5.88 Å². The van der Waals surface area contributed by atoms with Crippen LogP contribution >= 0.6 is 0 Å². The number of nitrogens with zero attached hydrogens (tertiary/aromatic N) is 2. The maximum Gasteiger partial charge on any atom is 0.317 e. The molecule has 20 heavy (non-hydrogen) atoms. The average Bonchev–Trinajstić information content (AvgIpc) is 2.53. The second-order valence-corrected chi connectivity index (χ2v) is 6.88. The van der Waals surface area contributed by atoms with Crippen LogP contribution in [0, 0.1) is 12.8 Å². The molecule has 1 unspecified atom stereocenters. The zero-order valence-corrected chi connectivity index (χ0v) is 13.2. The minimum Gasteiger partial charge on any atom is -0.407 e. The van der Waals surface area contributed by atoms with E-state index in [1.807, 2.05) is 13.0 Å². The predicted molar refractivity (Wildman–Crippen MR) is 78.6 cm³/mol. The van der Waals surface area contributed by atoms with Gasteiger partial charge in [-0.15, -0.1) is 0 Å². The third kappa shape index (κ3) is 2.57. The normalized spacial score (nSPS) is 24.6. The number of aryl methyl sites for hydroxylation is 1. The highest BCUT2D eigenvalue weighted by Gasteiger charge is 2.53. The molecule has 0 amide bonds. The van der Waals surface area contributed by atoms with Gasteiger partial charge in [0.25, 0.3) is 0 Å². The molecular formula is C16H24N2O2. The van der Waals surface area contributed by atoms with Crippen molar-refractivity contribution in [3.63, 3.8) is 0 Å². The van der Waals surface area contributed by atoms with Gasteiger partial charge in [-0.05, 0) is 53.7 Å². The van der Waals surface area contributed by atoms with Gasteiger partial charge in [-0.1, -0.05) is 6.07 Å². The van der Waals surface area contributed by atoms with Gasteiger partial charge >= 0.3 is 5.97 Å². The molecule has 1 aliphatic rings. The summed E-state index contributed by atoms with van der Waals surface area (Å²) in [6, 6.07) is 3.63. The predicted octanol–water partition coefficient (Wildman–Crippen LogP) is 2.80. The fraction of sp³-hybridized carbons (Fsp3) is 0.625. The molecule has 1 aromatic heterocycles. The summed E-state index contributed by atoms with van der Waals surface area (Å²) in [5.41, 5.74) is 0.825. The van der Waals surface area contributed by atoms with Crippen LogP contribution in [0.2, 0.25) is 0 Å². The number of aromatic nitrogens is 1. The van der Waals surface area contributed by atoms with Gasteiger partial charge in [-0.25, -0.2) is 4.98 Å². The summed E-state index contributed by atoms with van der Waals surface area (Å²) in [6.07, 6.45) is 2.50. The van der Waals surface area contributed by atoms with Crippen LogP contribution in [0.25, 0.3) is 0 Å². The molecule has 2 rings (SSSR count). The molecular weight excluding hydrogens is 252 g/mol. The Morgan fingerprint density at radius 2 is 2.00 bits per heavy atom. The molecule has 0 N–H and O–H groups in total. The number of carbonyl (C=O) groups excluding carboxylic acids is 1. The summed E-state index contributed by atoms with van der Waals surface area (Å²) in [5.74, 6) is 0.0399. The molecule has 1 fully saturated rings. The van der Waals surface area contributed by atoms with E-state index in [-0.39, 0.29) is 23.0 Å². The Morgan fingerprint density at radius 1 is 1.35 bits per heavy atom. The van der Waals surface area contributed by atoms with Gasteiger partial charge in [-0.3, -0.25) is 9.69 Å². The van der Waals surface area contributed by atoms with E-state index >= 15 is 0 Å². The van der Waals surface area contributed by atoms with Crippen LogP contribution in [0.4, 0.5) is 0 Å². The Labute approximate surface area is 121 Å². The van der Waals surface area contributed by atoms with E-state index in [4.69, 9.17) is 4.74 Å². The molecule has 4 nitrogen and oxygen atoms in total. The highest BCUT2D eigenvalue weighted by atomic mass is 16.5. The number of hydrogen-bond acceptors (Lipinski definition) is 4. The summed E-state index contributed by atoms with van der Waals surface area (Å²) < 4.78 is 5.45. The maximum absolute atomic E-state index is 12.5. The van der Waals surface area contributed by atoms with E-state index in [2.05, 4.69) is 44.6 Å². The van der Waals surface area contributed by atoms with E-state index in [1.165, 1.54) is 0 Å². The third-order valence-electron chi connectivity index (χ3n) is 4.70. The molecule has 0 aliphatic carbocycles. The number of rotatable bonds is 2. The van der Waals surface area contributed by atoms with Crippen LogP contribution in [-0.4, -0.2) is 34.0 Å². The summed E-state index contributed by atoms with van der Waals surface area (Å²) in [5, 5.41) is 0. The van der Waals surface area contributed by atoms with Crippen LogP contribution in [-0.2, 0) is 4.79 Å². The van der Waals surface area contributed by atoms with Crippen molar-refractivity contribution >= 4 is 5.97 Å². The molecule has 0 aromatic carbocycles. The Morgan fingerprint density at radius 3 is 2.45 bits per heavy atom. The van der Waals surface area contributed by atoms with Crippen LogP contribution in [0.5, 0.6) is 5.88 Å². The zero-order chi connectivity index (χ0) is 15.1. The number of hydrogen-bond donors (Lipinski definition) is 0. The molecule has 0 saturated carbocycles. The Hall–Kier alpha value is -1.42. The quantitative estimate of drug-likeness (QED) is 0.779. The first kappa shape index (κ1) is 15.0. The van der Waals surface area contributed by atoms with Gasteiger partial charge in [0.15, 0.2) is 0 Å². The SMILES string of the molecule is Cc1ccc(OC(=O)C2CC(C)(C)N(C)C2(C)C)nc1. The molecule has 0 spiro atoms. The Kier molecular flexibility index (Phi) is 3.63. The van der Waals surface area contributed by atoms with Crippen molar-refractivity contribution in [2.24, 2.45) is 5.92 Å². The smallest absolute Gasteiger partial charge is 0.317 e. The fourth-order valence-corrected chi connectivity index (χ4v) is 2.96. The van der Waals surface area contributed by atoms with E-state index in [0.29, 0.717) is 5.88 Å². The minimum atomic E-state index is -0.217. The highest BCUT2D eigenvalue weighted by molar-refractivity contribution is 5.77. The molecule has 2 heterocycles. The van der Waals surface area contributed by atoms with Crippen molar-refractivity contribution in [2.75, 3.05) is 7.05 Å². The third-order valence-corrected chi connectivity index (χ3v) is 4.70. The molecule has 1 atom stereocenters. The van der Waals surface area contributed by atoms with Crippen molar-refractivity contribution in [3.8, 4) is 5.88 Å². The van der Waals surface area contributed by atoms with Crippen molar-refractivity contribution in [3.05, 3.63) is 23.9 Å². The van der Waals surface area contributed by atoms with E-state index in [1.54, 1.807) is 12.3 Å². The lowest BCUT2D eigenvalue weighted by Crippen LogP contribution is -2.48. The average molecular weight is 276 g/mol. The topological polar surface area (TPSA) is 42.4 Å². The van der Waals surface area contributed by atoms with Gasteiger partial charge in [0.1, 0.15) is 0 Å². The van der Waals surface area contributed by atoms with Gasteiger partial charge < -0.3 is 4.74 Å². The minimum absolute atomic E-state index is 0.00606. The summed E-state index contributed by atoms with van der Waals surface area (Å²) >= 11 is 0. The number of likely N-dealkylation sites (tertiary alicyclic amines) is 1. The number of esters is 1. The van der Waals surface area contributed by atoms with Crippen molar-refractivity contribution in [2.45, 2.75) is 52.1 Å². The van der Waals surface area contributed by atoms with Gasteiger partial charge in [0.05, 0.1) is 5.92 Å². The Balaban J connectivity index is 2.15. The Bertz CT molecular complexity index is 506. The zero-order valence-electron chi connectivity index (χ0n) is 13.2. The summed E-state index contributed by atoms with van der Waals surface area (Å²) in [6.45, 7) is 10.5. The molecule has 4 heteroatoms. The van der Waals surface area contributed by atoms with Crippen LogP contribution in [0.15, 0.2) is 18.3 Å². The lowest BCUT2D eigenvalue weighted by molar-refractivity contribution is -0.141. The molecule has 1 saturated heterocycles. The lowest BCUT2D eigenvalue weighted by atomic mass is 9.87. The van der Waals surface area contributed by atoms with Gasteiger partial charge in [0, 0.05) is 23.3 Å². The number of pyridine rings is 1. The molecule has 0 bridgehead atoms. The van der Waals surface area contributed by atoms with Crippen molar-refractivity contribution in [1.82, 2.24) is 9.88 Å². The second kappa shape index (κ2) is 4.85. The standard InChI is InChI=1S/C16H24N2O2/c1-11-7-8-13(17-10-11)20-14(19)12-9-15(2,3)18(6)16(12,4)5/h7-8,10,12H,9H2,1-6H3. The molecule has 1 aliphatic heterocycles. The fourth-order valence-electron chi connectivity index (χ4n) is 2.96. The molecule has 0 radical (unpaired) electrons. The first-order chi connectivity index (χ1) is 9.14. The van der Waals surface area contributed by atoms with Crippen LogP contribution in [0.1, 0.15) is 39.7 Å².